The fraction of sp³-hybridized carbons (Fsp3) is 0.100. The Bertz CT molecular complexity index is 429. The predicted octanol–water partition coefficient (Wildman–Crippen LogP) is 1.78. The molecule has 1 aromatic carbocycles. The largest absolute Gasteiger partial charge is 0.237 e. The first-order chi connectivity index (χ1) is 5.95. The van der Waals surface area contributed by atoms with Crippen LogP contribution in [0.25, 0.3) is 5.69 Å². The van der Waals surface area contributed by atoms with Crippen LogP contribution in [0.3, 0.4) is 0 Å². The Morgan fingerprint density at radius 2 is 2.08 bits per heavy atom. The van der Waals surface area contributed by atoms with Gasteiger partial charge in [0.05, 0.1) is 5.69 Å². The van der Waals surface area contributed by atoms with E-state index in [-0.39, 0.29) is 0 Å². The van der Waals surface area contributed by atoms with Gasteiger partial charge in [-0.05, 0) is 17.7 Å². The molecular weight excluding hydrogens is 148 g/mol. The molecule has 2 heteroatoms. The zero-order valence-electron chi connectivity index (χ0n) is 6.57. The molecular formula is C10H8N2. The maximum Gasteiger partial charge on any atom is 0.0684 e. The molecule has 12 heavy (non-hydrogen) atoms. The number of nitrogens with zero attached hydrogens (tertiary/aromatic N) is 2. The Morgan fingerprint density at radius 1 is 1.17 bits per heavy atom. The number of hydrogen-bond donors (Lipinski definition) is 0. The minimum Gasteiger partial charge on any atom is -0.237 e. The van der Waals surface area contributed by atoms with Gasteiger partial charge >= 0.3 is 0 Å². The second-order valence-electron chi connectivity index (χ2n) is 3.04. The summed E-state index contributed by atoms with van der Waals surface area (Å²) >= 11 is 0. The smallest absolute Gasteiger partial charge is 0.0684 e. The second-order valence-corrected chi connectivity index (χ2v) is 3.04. The van der Waals surface area contributed by atoms with Gasteiger partial charge in [-0.3, -0.25) is 0 Å². The molecule has 0 radical (unpaired) electrons. The summed E-state index contributed by atoms with van der Waals surface area (Å²) in [5.74, 6) is 0. The van der Waals surface area contributed by atoms with Gasteiger partial charge in [-0.15, -0.1) is 0 Å². The van der Waals surface area contributed by atoms with Crippen LogP contribution in [0.2, 0.25) is 0 Å². The molecule has 1 aliphatic rings. The molecule has 0 fully saturated rings. The first-order valence-corrected chi connectivity index (χ1v) is 4.06. The third-order valence-electron chi connectivity index (χ3n) is 2.31. The van der Waals surface area contributed by atoms with Crippen molar-refractivity contribution < 1.29 is 0 Å². The highest BCUT2D eigenvalue weighted by Crippen LogP contribution is 2.25. The molecule has 0 spiro atoms. The van der Waals surface area contributed by atoms with Crippen LogP contribution in [-0.2, 0) is 6.42 Å². The van der Waals surface area contributed by atoms with Crippen LogP contribution in [0.1, 0.15) is 11.3 Å². The van der Waals surface area contributed by atoms with Gasteiger partial charge < -0.3 is 0 Å². The summed E-state index contributed by atoms with van der Waals surface area (Å²) in [5, 5.41) is 4.25. The van der Waals surface area contributed by atoms with Gasteiger partial charge in [0.15, 0.2) is 0 Å². The van der Waals surface area contributed by atoms with Crippen molar-refractivity contribution >= 4 is 0 Å². The van der Waals surface area contributed by atoms with E-state index in [1.54, 1.807) is 0 Å². The third kappa shape index (κ3) is 0.619. The molecule has 0 amide bonds. The number of fused-ring (bicyclic) bond motifs is 3. The highest BCUT2D eigenvalue weighted by molar-refractivity contribution is 5.48. The number of rotatable bonds is 0. The molecule has 1 aromatic heterocycles. The summed E-state index contributed by atoms with van der Waals surface area (Å²) in [6, 6.07) is 10.5. The lowest BCUT2D eigenvalue weighted by molar-refractivity contribution is 0.870. The summed E-state index contributed by atoms with van der Waals surface area (Å²) in [4.78, 5) is 0. The summed E-state index contributed by atoms with van der Waals surface area (Å²) in [7, 11) is 0. The Kier molecular flexibility index (Phi) is 0.987. The van der Waals surface area contributed by atoms with E-state index in [2.05, 4.69) is 35.4 Å². The van der Waals surface area contributed by atoms with Crippen molar-refractivity contribution in [1.29, 1.82) is 0 Å². The van der Waals surface area contributed by atoms with Crippen molar-refractivity contribution in [2.45, 2.75) is 6.42 Å². The van der Waals surface area contributed by atoms with E-state index in [0.717, 1.165) is 6.42 Å². The van der Waals surface area contributed by atoms with E-state index < -0.39 is 0 Å². The first kappa shape index (κ1) is 6.00. The van der Waals surface area contributed by atoms with Crippen LogP contribution in [0.4, 0.5) is 0 Å². The van der Waals surface area contributed by atoms with Crippen molar-refractivity contribution in [1.82, 2.24) is 9.78 Å². The van der Waals surface area contributed by atoms with Gasteiger partial charge in [0.2, 0.25) is 0 Å². The molecule has 1 aliphatic heterocycles. The molecule has 0 unspecified atom stereocenters. The minimum absolute atomic E-state index is 1.02. The van der Waals surface area contributed by atoms with Gasteiger partial charge in [0.1, 0.15) is 0 Å². The number of hydrogen-bond acceptors (Lipinski definition) is 1. The average molecular weight is 156 g/mol. The van der Waals surface area contributed by atoms with E-state index >= 15 is 0 Å². The van der Waals surface area contributed by atoms with Crippen molar-refractivity contribution in [3.05, 3.63) is 47.8 Å². The fourth-order valence-electron chi connectivity index (χ4n) is 1.74. The molecule has 2 heterocycles. The van der Waals surface area contributed by atoms with Crippen LogP contribution in [0, 0.1) is 0 Å². The van der Waals surface area contributed by atoms with Gasteiger partial charge in [-0.2, -0.15) is 5.10 Å². The number of benzene rings is 1. The van der Waals surface area contributed by atoms with Crippen LogP contribution in [0.15, 0.2) is 36.5 Å². The topological polar surface area (TPSA) is 17.8 Å². The Balaban J connectivity index is 2.34. The lowest BCUT2D eigenvalue weighted by Gasteiger charge is -1.97. The van der Waals surface area contributed by atoms with E-state index in [9.17, 15) is 0 Å². The predicted molar refractivity (Wildman–Crippen MR) is 46.4 cm³/mol. The average Bonchev–Trinajstić information content (AvgIpc) is 2.62. The van der Waals surface area contributed by atoms with Crippen LogP contribution in [0.5, 0.6) is 0 Å². The highest BCUT2D eigenvalue weighted by Gasteiger charge is 2.16. The molecule has 0 aliphatic carbocycles. The van der Waals surface area contributed by atoms with Gasteiger partial charge in [0, 0.05) is 18.3 Å². The van der Waals surface area contributed by atoms with Crippen LogP contribution < -0.4 is 0 Å². The van der Waals surface area contributed by atoms with Crippen molar-refractivity contribution in [2.24, 2.45) is 0 Å². The molecule has 0 saturated heterocycles. The first-order valence-electron chi connectivity index (χ1n) is 4.06. The fourth-order valence-corrected chi connectivity index (χ4v) is 1.74. The van der Waals surface area contributed by atoms with E-state index in [1.807, 2.05) is 10.9 Å². The zero-order chi connectivity index (χ0) is 7.97. The SMILES string of the molecule is c1ccc2c(c1)Cc1ccnn1-2. The lowest BCUT2D eigenvalue weighted by Crippen LogP contribution is -1.92. The van der Waals surface area contributed by atoms with Crippen molar-refractivity contribution in [3.63, 3.8) is 0 Å². The van der Waals surface area contributed by atoms with Crippen LogP contribution in [-0.4, -0.2) is 9.78 Å². The van der Waals surface area contributed by atoms with E-state index in [1.165, 1.54) is 16.9 Å². The standard InChI is InChI=1S/C10H8N2/c1-2-4-10-8(3-1)7-9-5-6-11-12(9)10/h1-6H,7H2. The molecule has 0 atom stereocenters. The normalized spacial score (nSPS) is 12.7. The lowest BCUT2D eigenvalue weighted by atomic mass is 10.1. The summed E-state index contributed by atoms with van der Waals surface area (Å²) < 4.78 is 2.01. The Hall–Kier alpha value is -1.57. The summed E-state index contributed by atoms with van der Waals surface area (Å²) in [6.45, 7) is 0. The quantitative estimate of drug-likeness (QED) is 0.485. The summed E-state index contributed by atoms with van der Waals surface area (Å²) in [6.07, 6.45) is 2.88. The van der Waals surface area contributed by atoms with Crippen molar-refractivity contribution in [2.75, 3.05) is 0 Å². The van der Waals surface area contributed by atoms with E-state index in [4.69, 9.17) is 0 Å². The molecule has 58 valence electrons. The van der Waals surface area contributed by atoms with Gasteiger partial charge in [0.25, 0.3) is 0 Å². The maximum absolute atomic E-state index is 4.25. The van der Waals surface area contributed by atoms with Crippen molar-refractivity contribution in [3.8, 4) is 5.69 Å². The van der Waals surface area contributed by atoms with Crippen LogP contribution >= 0.6 is 0 Å². The maximum atomic E-state index is 4.25. The number of aromatic nitrogens is 2. The zero-order valence-corrected chi connectivity index (χ0v) is 6.57. The second kappa shape index (κ2) is 1.97. The molecule has 0 saturated carbocycles. The highest BCUT2D eigenvalue weighted by atomic mass is 15.3. The Morgan fingerprint density at radius 3 is 3.08 bits per heavy atom. The molecule has 0 N–H and O–H groups in total. The molecule has 3 rings (SSSR count). The van der Waals surface area contributed by atoms with Gasteiger partial charge in [-0.25, -0.2) is 4.68 Å². The monoisotopic (exact) mass is 156 g/mol. The number of para-hydroxylation sites is 1. The Labute approximate surface area is 70.5 Å². The van der Waals surface area contributed by atoms with Gasteiger partial charge in [-0.1, -0.05) is 18.2 Å². The molecule has 2 aromatic rings. The van der Waals surface area contributed by atoms with E-state index in [0.29, 0.717) is 0 Å². The summed E-state index contributed by atoms with van der Waals surface area (Å²) in [5.41, 5.74) is 3.90. The molecule has 2 nitrogen and oxygen atoms in total. The third-order valence-corrected chi connectivity index (χ3v) is 2.31. The molecule has 0 bridgehead atoms. The minimum atomic E-state index is 1.02.